The maximum absolute atomic E-state index is 12.4. The van der Waals surface area contributed by atoms with Gasteiger partial charge in [-0.2, -0.15) is 0 Å². The lowest BCUT2D eigenvalue weighted by Crippen LogP contribution is -2.34. The molecule has 1 N–H and O–H groups in total. The van der Waals surface area contributed by atoms with Gasteiger partial charge in [0, 0.05) is 25.2 Å². The summed E-state index contributed by atoms with van der Waals surface area (Å²) in [7, 11) is 0. The van der Waals surface area contributed by atoms with Crippen LogP contribution in [-0.4, -0.2) is 37.0 Å². The smallest absolute Gasteiger partial charge is 0.254 e. The molecule has 2 rings (SSSR count). The molecule has 0 bridgehead atoms. The average Bonchev–Trinajstić information content (AvgIpc) is 2.56. The van der Waals surface area contributed by atoms with Crippen molar-refractivity contribution in [2.75, 3.05) is 26.2 Å². The molecule has 0 radical (unpaired) electrons. The summed E-state index contributed by atoms with van der Waals surface area (Å²) in [6, 6.07) is 6.03. The van der Waals surface area contributed by atoms with Crippen LogP contribution in [0.4, 0.5) is 0 Å². The standard InChI is InChI=1S/C14H20N2O/c1-11-4-5-13(12(2)10-11)14(17)16-8-3-6-15-7-9-16/h4-5,10,15H,3,6-9H2,1-2H3. The Morgan fingerprint density at radius 1 is 1.24 bits per heavy atom. The van der Waals surface area contributed by atoms with Crippen molar-refractivity contribution in [2.45, 2.75) is 20.3 Å². The number of benzene rings is 1. The number of rotatable bonds is 1. The lowest BCUT2D eigenvalue weighted by atomic mass is 10.0. The lowest BCUT2D eigenvalue weighted by Gasteiger charge is -2.21. The predicted molar refractivity (Wildman–Crippen MR) is 69.3 cm³/mol. The second-order valence-corrected chi connectivity index (χ2v) is 4.71. The number of carbonyl (C=O) groups is 1. The molecule has 0 spiro atoms. The summed E-state index contributed by atoms with van der Waals surface area (Å²) in [5.41, 5.74) is 3.13. The van der Waals surface area contributed by atoms with Crippen LogP contribution in [0, 0.1) is 13.8 Å². The van der Waals surface area contributed by atoms with Crippen LogP contribution in [0.25, 0.3) is 0 Å². The number of aryl methyl sites for hydroxylation is 2. The summed E-state index contributed by atoms with van der Waals surface area (Å²) in [6.07, 6.45) is 1.04. The van der Waals surface area contributed by atoms with Gasteiger partial charge in [-0.1, -0.05) is 17.7 Å². The van der Waals surface area contributed by atoms with Crippen molar-refractivity contribution in [3.63, 3.8) is 0 Å². The molecule has 1 aliphatic rings. The van der Waals surface area contributed by atoms with Gasteiger partial charge < -0.3 is 10.2 Å². The Morgan fingerprint density at radius 3 is 2.82 bits per heavy atom. The van der Waals surface area contributed by atoms with E-state index in [1.165, 1.54) is 5.56 Å². The van der Waals surface area contributed by atoms with Crippen molar-refractivity contribution in [3.05, 3.63) is 34.9 Å². The Balaban J connectivity index is 2.17. The van der Waals surface area contributed by atoms with Crippen LogP contribution in [0.15, 0.2) is 18.2 Å². The number of hydrogen-bond donors (Lipinski definition) is 1. The fourth-order valence-electron chi connectivity index (χ4n) is 2.27. The van der Waals surface area contributed by atoms with Gasteiger partial charge in [-0.05, 0) is 38.4 Å². The summed E-state index contributed by atoms with van der Waals surface area (Å²) in [6.45, 7) is 7.64. The SMILES string of the molecule is Cc1ccc(C(=O)N2CCCNCC2)c(C)c1. The van der Waals surface area contributed by atoms with Gasteiger partial charge in [0.2, 0.25) is 0 Å². The Kier molecular flexibility index (Phi) is 3.79. The maximum atomic E-state index is 12.4. The lowest BCUT2D eigenvalue weighted by molar-refractivity contribution is 0.0765. The molecule has 92 valence electrons. The molecule has 3 nitrogen and oxygen atoms in total. The van der Waals surface area contributed by atoms with E-state index in [-0.39, 0.29) is 5.91 Å². The van der Waals surface area contributed by atoms with Gasteiger partial charge in [0.05, 0.1) is 0 Å². The zero-order chi connectivity index (χ0) is 12.3. The molecule has 1 aromatic carbocycles. The third-order valence-electron chi connectivity index (χ3n) is 3.24. The number of nitrogens with one attached hydrogen (secondary N) is 1. The topological polar surface area (TPSA) is 32.3 Å². The highest BCUT2D eigenvalue weighted by atomic mass is 16.2. The fraction of sp³-hybridized carbons (Fsp3) is 0.500. The number of hydrogen-bond acceptors (Lipinski definition) is 2. The molecule has 1 aliphatic heterocycles. The Labute approximate surface area is 103 Å². The first-order valence-electron chi connectivity index (χ1n) is 6.26. The number of nitrogens with zero attached hydrogens (tertiary/aromatic N) is 1. The van der Waals surface area contributed by atoms with E-state index in [4.69, 9.17) is 0 Å². The van der Waals surface area contributed by atoms with Gasteiger partial charge in [0.15, 0.2) is 0 Å². The van der Waals surface area contributed by atoms with E-state index < -0.39 is 0 Å². The molecule has 3 heteroatoms. The van der Waals surface area contributed by atoms with Gasteiger partial charge in [-0.3, -0.25) is 4.79 Å². The normalized spacial score (nSPS) is 16.7. The van der Waals surface area contributed by atoms with Crippen molar-refractivity contribution < 1.29 is 4.79 Å². The number of carbonyl (C=O) groups excluding carboxylic acids is 1. The minimum Gasteiger partial charge on any atom is -0.337 e. The third-order valence-corrected chi connectivity index (χ3v) is 3.24. The summed E-state index contributed by atoms with van der Waals surface area (Å²) >= 11 is 0. The van der Waals surface area contributed by atoms with Gasteiger partial charge in [0.25, 0.3) is 5.91 Å². The summed E-state index contributed by atoms with van der Waals surface area (Å²) in [4.78, 5) is 14.3. The molecular formula is C14H20N2O. The molecule has 0 saturated carbocycles. The van der Waals surface area contributed by atoms with Crippen molar-refractivity contribution >= 4 is 5.91 Å². The highest BCUT2D eigenvalue weighted by Gasteiger charge is 2.18. The van der Waals surface area contributed by atoms with Crippen LogP contribution in [0.5, 0.6) is 0 Å². The highest BCUT2D eigenvalue weighted by Crippen LogP contribution is 2.13. The molecule has 1 fully saturated rings. The van der Waals surface area contributed by atoms with Crippen LogP contribution in [0.1, 0.15) is 27.9 Å². The van der Waals surface area contributed by atoms with Gasteiger partial charge in [-0.15, -0.1) is 0 Å². The zero-order valence-corrected chi connectivity index (χ0v) is 10.6. The molecule has 1 saturated heterocycles. The van der Waals surface area contributed by atoms with E-state index in [1.807, 2.05) is 24.0 Å². The van der Waals surface area contributed by atoms with Crippen LogP contribution >= 0.6 is 0 Å². The second-order valence-electron chi connectivity index (χ2n) is 4.71. The first kappa shape index (κ1) is 12.1. The summed E-state index contributed by atoms with van der Waals surface area (Å²) in [5, 5.41) is 3.31. The van der Waals surface area contributed by atoms with Crippen molar-refractivity contribution in [2.24, 2.45) is 0 Å². The van der Waals surface area contributed by atoms with Crippen molar-refractivity contribution in [3.8, 4) is 0 Å². The van der Waals surface area contributed by atoms with E-state index in [9.17, 15) is 4.79 Å². The van der Waals surface area contributed by atoms with Gasteiger partial charge in [-0.25, -0.2) is 0 Å². The van der Waals surface area contributed by atoms with Crippen LogP contribution in [0.2, 0.25) is 0 Å². The maximum Gasteiger partial charge on any atom is 0.254 e. The Bertz CT molecular complexity index is 407. The van der Waals surface area contributed by atoms with E-state index in [0.717, 1.165) is 43.7 Å². The molecular weight excluding hydrogens is 212 g/mol. The van der Waals surface area contributed by atoms with Gasteiger partial charge >= 0.3 is 0 Å². The van der Waals surface area contributed by atoms with Gasteiger partial charge in [0.1, 0.15) is 0 Å². The first-order valence-corrected chi connectivity index (χ1v) is 6.26. The molecule has 0 aliphatic carbocycles. The Morgan fingerprint density at radius 2 is 2.06 bits per heavy atom. The molecule has 1 aromatic rings. The van der Waals surface area contributed by atoms with E-state index in [1.54, 1.807) is 0 Å². The minimum absolute atomic E-state index is 0.172. The van der Waals surface area contributed by atoms with Crippen LogP contribution in [-0.2, 0) is 0 Å². The molecule has 0 aromatic heterocycles. The van der Waals surface area contributed by atoms with E-state index in [2.05, 4.69) is 18.3 Å². The minimum atomic E-state index is 0.172. The van der Waals surface area contributed by atoms with E-state index in [0.29, 0.717) is 0 Å². The molecule has 1 heterocycles. The van der Waals surface area contributed by atoms with Crippen LogP contribution < -0.4 is 5.32 Å². The third kappa shape index (κ3) is 2.86. The quantitative estimate of drug-likeness (QED) is 0.800. The number of amides is 1. The predicted octanol–water partition coefficient (Wildman–Crippen LogP) is 1.74. The summed E-state index contributed by atoms with van der Waals surface area (Å²) < 4.78 is 0. The second kappa shape index (κ2) is 5.32. The average molecular weight is 232 g/mol. The summed E-state index contributed by atoms with van der Waals surface area (Å²) in [5.74, 6) is 0.172. The Hall–Kier alpha value is -1.35. The fourth-order valence-corrected chi connectivity index (χ4v) is 2.27. The molecule has 1 amide bonds. The highest BCUT2D eigenvalue weighted by molar-refractivity contribution is 5.95. The monoisotopic (exact) mass is 232 g/mol. The molecule has 17 heavy (non-hydrogen) atoms. The zero-order valence-electron chi connectivity index (χ0n) is 10.6. The van der Waals surface area contributed by atoms with Crippen molar-refractivity contribution in [1.82, 2.24) is 10.2 Å². The molecule has 0 atom stereocenters. The largest absolute Gasteiger partial charge is 0.337 e. The van der Waals surface area contributed by atoms with E-state index >= 15 is 0 Å². The van der Waals surface area contributed by atoms with Crippen molar-refractivity contribution in [1.29, 1.82) is 0 Å². The van der Waals surface area contributed by atoms with Crippen LogP contribution in [0.3, 0.4) is 0 Å². The molecule has 0 unspecified atom stereocenters. The first-order chi connectivity index (χ1) is 8.18.